The van der Waals surface area contributed by atoms with Gasteiger partial charge in [-0.1, -0.05) is 30.0 Å². The van der Waals surface area contributed by atoms with Gasteiger partial charge in [-0.15, -0.1) is 10.2 Å². The minimum Gasteiger partial charge on any atom is -0.497 e. The monoisotopic (exact) mass is 454 g/mol. The van der Waals surface area contributed by atoms with Crippen LogP contribution in [-0.4, -0.2) is 57.6 Å². The number of carbonyl (C=O) groups is 1. The van der Waals surface area contributed by atoms with Crippen LogP contribution in [0.3, 0.4) is 0 Å². The zero-order chi connectivity index (χ0) is 23.3. The molecule has 170 valence electrons. The van der Waals surface area contributed by atoms with E-state index in [9.17, 15) is 4.79 Å². The first-order valence-electron chi connectivity index (χ1n) is 10.5. The van der Waals surface area contributed by atoms with E-state index in [2.05, 4.69) is 10.2 Å². The highest BCUT2D eigenvalue weighted by Gasteiger charge is 2.23. The first-order valence-corrected chi connectivity index (χ1v) is 11.5. The lowest BCUT2D eigenvalue weighted by atomic mass is 10.2. The van der Waals surface area contributed by atoms with Gasteiger partial charge in [-0.3, -0.25) is 9.36 Å². The van der Waals surface area contributed by atoms with E-state index in [0.29, 0.717) is 22.5 Å². The highest BCUT2D eigenvalue weighted by atomic mass is 32.2. The molecule has 0 spiro atoms. The first kappa shape index (κ1) is 23.7. The molecule has 0 aliphatic carbocycles. The molecule has 3 aromatic rings. The Morgan fingerprint density at radius 2 is 1.56 bits per heavy atom. The van der Waals surface area contributed by atoms with Gasteiger partial charge in [0.2, 0.25) is 5.91 Å². The van der Waals surface area contributed by atoms with Crippen LogP contribution in [0.5, 0.6) is 11.5 Å². The third-order valence-corrected chi connectivity index (χ3v) is 5.90. The second-order valence-electron chi connectivity index (χ2n) is 7.86. The molecule has 1 heterocycles. The zero-order valence-electron chi connectivity index (χ0n) is 19.4. The van der Waals surface area contributed by atoms with Gasteiger partial charge in [0.25, 0.3) is 0 Å². The molecule has 0 saturated heterocycles. The fourth-order valence-corrected chi connectivity index (χ4v) is 4.49. The molecule has 0 aliphatic rings. The molecule has 2 aromatic carbocycles. The number of aromatic nitrogens is 3. The number of hydrogen-bond acceptors (Lipinski definition) is 6. The number of para-hydroxylation sites is 1. The predicted octanol–water partition coefficient (Wildman–Crippen LogP) is 4.69. The standard InChI is InChI=1S/C24H30N4O3S/c1-16(2)27(17(3)4)22(29)15-32-24-26-25-23(28(24)19-10-8-7-9-11-19)18-12-20(30-5)14-21(13-18)31-6/h7-14,16-17H,15H2,1-6H3. The summed E-state index contributed by atoms with van der Waals surface area (Å²) < 4.78 is 12.8. The number of carbonyl (C=O) groups excluding carboxylic acids is 1. The van der Waals surface area contributed by atoms with Crippen LogP contribution in [0.1, 0.15) is 27.7 Å². The van der Waals surface area contributed by atoms with Gasteiger partial charge >= 0.3 is 0 Å². The van der Waals surface area contributed by atoms with Crippen molar-refractivity contribution >= 4 is 17.7 Å². The summed E-state index contributed by atoms with van der Waals surface area (Å²) in [6.07, 6.45) is 0. The second kappa shape index (κ2) is 10.5. The molecule has 0 radical (unpaired) electrons. The Labute approximate surface area is 193 Å². The van der Waals surface area contributed by atoms with E-state index < -0.39 is 0 Å². The minimum atomic E-state index is 0.0761. The lowest BCUT2D eigenvalue weighted by molar-refractivity contribution is -0.131. The van der Waals surface area contributed by atoms with E-state index >= 15 is 0 Å². The van der Waals surface area contributed by atoms with E-state index in [1.165, 1.54) is 11.8 Å². The maximum atomic E-state index is 12.9. The number of thioether (sulfide) groups is 1. The number of hydrogen-bond donors (Lipinski definition) is 0. The molecule has 0 atom stereocenters. The van der Waals surface area contributed by atoms with Gasteiger partial charge in [0.15, 0.2) is 11.0 Å². The minimum absolute atomic E-state index is 0.0761. The lowest BCUT2D eigenvalue weighted by Gasteiger charge is -2.30. The number of nitrogens with zero attached hydrogens (tertiary/aromatic N) is 4. The largest absolute Gasteiger partial charge is 0.497 e. The molecule has 3 rings (SSSR count). The summed E-state index contributed by atoms with van der Waals surface area (Å²) in [5, 5.41) is 9.53. The molecular weight excluding hydrogens is 424 g/mol. The molecule has 1 aromatic heterocycles. The average molecular weight is 455 g/mol. The maximum Gasteiger partial charge on any atom is 0.233 e. The molecule has 0 N–H and O–H groups in total. The Balaban J connectivity index is 2.01. The molecule has 0 saturated carbocycles. The van der Waals surface area contributed by atoms with Crippen LogP contribution >= 0.6 is 11.8 Å². The summed E-state index contributed by atoms with van der Waals surface area (Å²) >= 11 is 1.38. The van der Waals surface area contributed by atoms with Crippen molar-refractivity contribution in [3.63, 3.8) is 0 Å². The number of benzene rings is 2. The van der Waals surface area contributed by atoms with E-state index in [4.69, 9.17) is 9.47 Å². The SMILES string of the molecule is COc1cc(OC)cc(-c2nnc(SCC(=O)N(C(C)C)C(C)C)n2-c2ccccc2)c1. The van der Waals surface area contributed by atoms with Gasteiger partial charge in [-0.25, -0.2) is 0 Å². The van der Waals surface area contributed by atoms with Crippen molar-refractivity contribution < 1.29 is 14.3 Å². The molecule has 0 fully saturated rings. The van der Waals surface area contributed by atoms with Crippen LogP contribution in [0.25, 0.3) is 17.1 Å². The van der Waals surface area contributed by atoms with Gasteiger partial charge in [-0.05, 0) is 52.0 Å². The molecule has 7 nitrogen and oxygen atoms in total. The van der Waals surface area contributed by atoms with Crippen molar-refractivity contribution in [1.82, 2.24) is 19.7 Å². The van der Waals surface area contributed by atoms with E-state index in [1.807, 2.05) is 85.7 Å². The molecule has 32 heavy (non-hydrogen) atoms. The van der Waals surface area contributed by atoms with Crippen LogP contribution in [0, 0.1) is 0 Å². The summed E-state index contributed by atoms with van der Waals surface area (Å²) in [6, 6.07) is 15.7. The maximum absolute atomic E-state index is 12.9. The van der Waals surface area contributed by atoms with E-state index in [-0.39, 0.29) is 23.7 Å². The van der Waals surface area contributed by atoms with Gasteiger partial charge in [0.1, 0.15) is 11.5 Å². The smallest absolute Gasteiger partial charge is 0.233 e. The third-order valence-electron chi connectivity index (χ3n) is 4.98. The topological polar surface area (TPSA) is 69.5 Å². The number of amides is 1. The van der Waals surface area contributed by atoms with Crippen LogP contribution in [0.4, 0.5) is 0 Å². The summed E-state index contributed by atoms with van der Waals surface area (Å²) in [5.74, 6) is 2.33. The van der Waals surface area contributed by atoms with Crippen LogP contribution in [0.15, 0.2) is 53.7 Å². The lowest BCUT2D eigenvalue weighted by Crippen LogP contribution is -2.43. The molecule has 0 bridgehead atoms. The number of rotatable bonds is 9. The van der Waals surface area contributed by atoms with Crippen LogP contribution < -0.4 is 9.47 Å². The summed E-state index contributed by atoms with van der Waals surface area (Å²) in [5.41, 5.74) is 1.72. The highest BCUT2D eigenvalue weighted by Crippen LogP contribution is 2.33. The van der Waals surface area contributed by atoms with E-state index in [1.54, 1.807) is 14.2 Å². The van der Waals surface area contributed by atoms with Crippen LogP contribution in [0.2, 0.25) is 0 Å². The van der Waals surface area contributed by atoms with Gasteiger partial charge in [0.05, 0.1) is 20.0 Å². The Morgan fingerprint density at radius 3 is 2.09 bits per heavy atom. The van der Waals surface area contributed by atoms with Gasteiger partial charge in [-0.2, -0.15) is 0 Å². The van der Waals surface area contributed by atoms with Crippen molar-refractivity contribution in [3.05, 3.63) is 48.5 Å². The Bertz CT molecular complexity index is 1020. The molecule has 1 amide bonds. The summed E-state index contributed by atoms with van der Waals surface area (Å²) in [7, 11) is 3.23. The fraction of sp³-hybridized carbons (Fsp3) is 0.375. The Morgan fingerprint density at radius 1 is 0.969 bits per heavy atom. The van der Waals surface area contributed by atoms with Gasteiger partial charge < -0.3 is 14.4 Å². The van der Waals surface area contributed by atoms with Crippen molar-refractivity contribution in [2.45, 2.75) is 44.9 Å². The molecule has 0 aliphatic heterocycles. The molecule has 0 unspecified atom stereocenters. The summed E-state index contributed by atoms with van der Waals surface area (Å²) in [4.78, 5) is 14.8. The quantitative estimate of drug-likeness (QED) is 0.437. The fourth-order valence-electron chi connectivity index (χ4n) is 3.67. The number of ether oxygens (including phenoxy) is 2. The van der Waals surface area contributed by atoms with Crippen molar-refractivity contribution in [2.24, 2.45) is 0 Å². The Kier molecular flexibility index (Phi) is 7.80. The number of methoxy groups -OCH3 is 2. The molecule has 8 heteroatoms. The average Bonchev–Trinajstić information content (AvgIpc) is 3.21. The van der Waals surface area contributed by atoms with Crippen molar-refractivity contribution in [3.8, 4) is 28.6 Å². The van der Waals surface area contributed by atoms with Crippen molar-refractivity contribution in [2.75, 3.05) is 20.0 Å². The summed E-state index contributed by atoms with van der Waals surface area (Å²) in [6.45, 7) is 8.12. The zero-order valence-corrected chi connectivity index (χ0v) is 20.2. The van der Waals surface area contributed by atoms with Crippen LogP contribution in [-0.2, 0) is 4.79 Å². The third kappa shape index (κ3) is 5.24. The second-order valence-corrected chi connectivity index (χ2v) is 8.80. The predicted molar refractivity (Wildman–Crippen MR) is 128 cm³/mol. The van der Waals surface area contributed by atoms with Gasteiger partial charge in [0, 0.05) is 29.4 Å². The Hall–Kier alpha value is -3.00. The first-order chi connectivity index (χ1) is 15.3. The van der Waals surface area contributed by atoms with E-state index in [0.717, 1.165) is 11.3 Å². The highest BCUT2D eigenvalue weighted by molar-refractivity contribution is 7.99. The normalized spacial score (nSPS) is 11.1. The molecular formula is C24H30N4O3S. The van der Waals surface area contributed by atoms with Crippen molar-refractivity contribution in [1.29, 1.82) is 0 Å².